The maximum atomic E-state index is 2.32. The Morgan fingerprint density at radius 3 is 1.88 bits per heavy atom. The number of alkyl halides is 1. The maximum absolute atomic E-state index is 2.32. The molecule has 52 valence electrons. The van der Waals surface area contributed by atoms with Gasteiger partial charge in [-0.05, 0) is 0 Å². The fraction of sp³-hybridized carbons (Fsp3) is 1.00. The van der Waals surface area contributed by atoms with Crippen LogP contribution in [0.3, 0.4) is 0 Å². The van der Waals surface area contributed by atoms with Crippen molar-refractivity contribution >= 4 is 0 Å². The Balaban J connectivity index is 3.37. The first-order chi connectivity index (χ1) is 3.62. The summed E-state index contributed by atoms with van der Waals surface area (Å²) in [6.45, 7) is 5.83. The summed E-state index contributed by atoms with van der Waals surface area (Å²) < 4.78 is 2.68. The fourth-order valence-electron chi connectivity index (χ4n) is 0.408. The predicted molar refractivity (Wildman–Crippen MR) is 33.2 cm³/mol. The van der Waals surface area contributed by atoms with E-state index in [1.807, 2.05) is 0 Å². The Morgan fingerprint density at radius 1 is 1.25 bits per heavy atom. The van der Waals surface area contributed by atoms with Crippen molar-refractivity contribution in [2.75, 3.05) is 25.1 Å². The van der Waals surface area contributed by atoms with Crippen molar-refractivity contribution in [1.29, 1.82) is 0 Å². The third-order valence-electron chi connectivity index (χ3n) is 1.20. The molecule has 0 bridgehead atoms. The molecule has 0 radical (unpaired) electrons. The Kier molecular flexibility index (Phi) is 3.98. The molecule has 0 N–H and O–H groups in total. The summed E-state index contributed by atoms with van der Waals surface area (Å²) in [5.74, 6) is 0. The second kappa shape index (κ2) is 3.67. The number of hydrogen-bond acceptors (Lipinski definition) is 0. The Labute approximate surface area is 63.3 Å². The van der Waals surface area contributed by atoms with Gasteiger partial charge in [-0.1, -0.05) is 0 Å². The van der Waals surface area contributed by atoms with Gasteiger partial charge in [0.15, 0.2) is 0 Å². The van der Waals surface area contributed by atoms with E-state index in [-0.39, 0.29) is 0 Å². The van der Waals surface area contributed by atoms with Crippen LogP contribution in [0.2, 0.25) is 0 Å². The molecule has 0 aromatic heterocycles. The van der Waals surface area contributed by atoms with Crippen molar-refractivity contribution in [2.45, 2.75) is 13.8 Å². The minimum absolute atomic E-state index is 0.419. The second-order valence-corrected chi connectivity index (χ2v) is 7.06. The van der Waals surface area contributed by atoms with Gasteiger partial charge in [0.05, 0.1) is 0 Å². The van der Waals surface area contributed by atoms with Crippen LogP contribution in [-0.4, -0.2) is 27.8 Å². The number of nitrogens with zero attached hydrogens (tertiary/aromatic N) is 1. The summed E-state index contributed by atoms with van der Waals surface area (Å²) in [4.78, 5) is 0. The molecule has 0 rings (SSSR count). The molecular formula is C6H16IN. The summed E-state index contributed by atoms with van der Waals surface area (Å²) in [7, 11) is 4.63. The normalized spacial score (nSPS) is 12.5. The molecule has 0 aliphatic rings. The molecule has 0 aliphatic heterocycles. The molecule has 0 fully saturated rings. The predicted octanol–water partition coefficient (Wildman–Crippen LogP) is -1.89. The Morgan fingerprint density at radius 2 is 1.75 bits per heavy atom. The first-order valence-corrected chi connectivity index (χ1v) is 5.55. The van der Waals surface area contributed by atoms with Crippen LogP contribution in [0.5, 0.6) is 0 Å². The van der Waals surface area contributed by atoms with Gasteiger partial charge in [-0.3, -0.25) is 0 Å². The first-order valence-electron chi connectivity index (χ1n) is 3.06. The molecule has 0 aromatic rings. The molecule has 0 heterocycles. The zero-order valence-electron chi connectivity index (χ0n) is 6.24. The number of hydrogen-bond donors (Lipinski definition) is 0. The number of halogens is 1. The number of rotatable bonds is 3. The van der Waals surface area contributed by atoms with Gasteiger partial charge in [-0.15, -0.1) is 0 Å². The van der Waals surface area contributed by atoms with Crippen molar-refractivity contribution in [2.24, 2.45) is 0 Å². The first kappa shape index (κ1) is 8.69. The van der Waals surface area contributed by atoms with E-state index in [1.165, 1.54) is 13.7 Å². The van der Waals surface area contributed by atoms with E-state index in [2.05, 4.69) is 27.9 Å². The van der Waals surface area contributed by atoms with E-state index in [1.54, 1.807) is 0 Å². The van der Waals surface area contributed by atoms with Gasteiger partial charge in [0.2, 0.25) is 0 Å². The van der Waals surface area contributed by atoms with Crippen molar-refractivity contribution in [3.8, 4) is 0 Å². The van der Waals surface area contributed by atoms with Crippen molar-refractivity contribution < 1.29 is 24.2 Å². The summed E-state index contributed by atoms with van der Waals surface area (Å²) in [6.07, 6.45) is 0. The Hall–Kier alpha value is 0.690. The summed E-state index contributed by atoms with van der Waals surface area (Å²) in [5.41, 5.74) is 0. The van der Waals surface area contributed by atoms with Gasteiger partial charge >= 0.3 is 63.1 Å². The van der Waals surface area contributed by atoms with Crippen LogP contribution in [0.15, 0.2) is 0 Å². The van der Waals surface area contributed by atoms with E-state index >= 15 is 0 Å². The topological polar surface area (TPSA) is 0 Å². The van der Waals surface area contributed by atoms with Gasteiger partial charge in [-0.25, -0.2) is 0 Å². The van der Waals surface area contributed by atoms with E-state index in [4.69, 9.17) is 0 Å². The quantitative estimate of drug-likeness (QED) is 0.301. The molecular weight excluding hydrogens is 213 g/mol. The molecule has 0 saturated heterocycles. The average molecular weight is 229 g/mol. The van der Waals surface area contributed by atoms with Gasteiger partial charge in [-0.2, -0.15) is 0 Å². The van der Waals surface area contributed by atoms with Crippen LogP contribution in [0.25, 0.3) is 0 Å². The third-order valence-corrected chi connectivity index (χ3v) is 4.41. The van der Waals surface area contributed by atoms with E-state index in [0.29, 0.717) is 21.5 Å². The average Bonchev–Trinajstić information content (AvgIpc) is 1.67. The molecule has 0 spiro atoms. The van der Waals surface area contributed by atoms with Crippen LogP contribution < -0.4 is 21.5 Å². The van der Waals surface area contributed by atoms with Gasteiger partial charge < -0.3 is 0 Å². The SMILES string of the molecule is CC[I-][N+](C)(C)CC. The van der Waals surface area contributed by atoms with Crippen LogP contribution in [-0.2, 0) is 0 Å². The minimum atomic E-state index is 0.419. The van der Waals surface area contributed by atoms with Crippen LogP contribution in [0.4, 0.5) is 0 Å². The summed E-state index contributed by atoms with van der Waals surface area (Å²) >= 11 is 0.419. The van der Waals surface area contributed by atoms with Crippen molar-refractivity contribution in [1.82, 2.24) is 0 Å². The van der Waals surface area contributed by atoms with Gasteiger partial charge in [0.25, 0.3) is 0 Å². The Bertz CT molecular complexity index is 61.5. The van der Waals surface area contributed by atoms with E-state index in [9.17, 15) is 0 Å². The third kappa shape index (κ3) is 3.66. The molecule has 0 aromatic carbocycles. The van der Waals surface area contributed by atoms with Crippen molar-refractivity contribution in [3.63, 3.8) is 0 Å². The molecule has 2 heteroatoms. The van der Waals surface area contributed by atoms with Gasteiger partial charge in [0.1, 0.15) is 0 Å². The van der Waals surface area contributed by atoms with Crippen LogP contribution >= 0.6 is 0 Å². The standard InChI is InChI=1S/C6H16IN/c1-5-7-8(3,4)6-2/h5-6H2,1-4H3. The molecule has 0 aliphatic carbocycles. The zero-order chi connectivity index (χ0) is 6.62. The van der Waals surface area contributed by atoms with Crippen LogP contribution in [0, 0.1) is 0 Å². The van der Waals surface area contributed by atoms with Gasteiger partial charge in [0, 0.05) is 0 Å². The molecule has 0 atom stereocenters. The zero-order valence-corrected chi connectivity index (χ0v) is 8.40. The number of quaternary nitrogens is 1. The van der Waals surface area contributed by atoms with Crippen LogP contribution in [0.1, 0.15) is 13.8 Å². The summed E-state index contributed by atoms with van der Waals surface area (Å²) in [5, 5.41) is 0. The fourth-order valence-corrected chi connectivity index (χ4v) is 2.74. The van der Waals surface area contributed by atoms with Crippen molar-refractivity contribution in [3.05, 3.63) is 0 Å². The second-order valence-electron chi connectivity index (χ2n) is 2.24. The molecule has 0 unspecified atom stereocenters. The van der Waals surface area contributed by atoms with E-state index in [0.717, 1.165) is 0 Å². The summed E-state index contributed by atoms with van der Waals surface area (Å²) in [6, 6.07) is 0. The molecule has 0 amide bonds. The van der Waals surface area contributed by atoms with E-state index < -0.39 is 0 Å². The molecule has 1 nitrogen and oxygen atoms in total. The molecule has 0 saturated carbocycles. The molecule has 8 heavy (non-hydrogen) atoms. The monoisotopic (exact) mass is 229 g/mol.